The predicted molar refractivity (Wildman–Crippen MR) is 220 cm³/mol. The second kappa shape index (κ2) is 14.6. The van der Waals surface area contributed by atoms with Crippen molar-refractivity contribution in [3.8, 4) is 11.1 Å². The molecule has 8 N–H and O–H groups in total. The van der Waals surface area contributed by atoms with E-state index in [0.717, 1.165) is 35.1 Å². The number of nitrogens with one attached hydrogen (secondary N) is 8. The molecule has 0 radical (unpaired) electrons. The van der Waals surface area contributed by atoms with Gasteiger partial charge in [0.2, 0.25) is 0 Å². The lowest BCUT2D eigenvalue weighted by Gasteiger charge is -2.39. The third-order valence-electron chi connectivity index (χ3n) is 17.2. The van der Waals surface area contributed by atoms with Crippen molar-refractivity contribution in [2.75, 3.05) is 0 Å². The van der Waals surface area contributed by atoms with Crippen molar-refractivity contribution in [3.05, 3.63) is 59.7 Å². The average molecular weight is 797 g/mol. The van der Waals surface area contributed by atoms with Gasteiger partial charge in [-0.3, -0.25) is 46.7 Å². The van der Waals surface area contributed by atoms with E-state index in [1.165, 1.54) is 77.0 Å². The molecule has 0 aromatic heterocycles. The Kier molecular flexibility index (Phi) is 9.43. The summed E-state index contributed by atoms with van der Waals surface area (Å²) in [5.41, 5.74) is 4.04. The molecule has 9 fully saturated rings. The molecule has 17 atom stereocenters. The molecule has 0 amide bonds. The van der Waals surface area contributed by atoms with Gasteiger partial charge in [0.1, 0.15) is 6.10 Å². The van der Waals surface area contributed by atoms with Crippen LogP contribution in [-0.4, -0.2) is 63.0 Å². The molecule has 57 heavy (non-hydrogen) atoms. The zero-order valence-corrected chi connectivity index (χ0v) is 34.1. The summed E-state index contributed by atoms with van der Waals surface area (Å²) in [6.45, 7) is 0. The normalized spacial score (nSPS) is 46.4. The molecule has 2 aromatic carbocycles. The van der Waals surface area contributed by atoms with Crippen LogP contribution in [0.4, 0.5) is 0 Å². The molecule has 11 nitrogen and oxygen atoms in total. The molecule has 0 spiro atoms. The zero-order valence-electron chi connectivity index (χ0n) is 33.3. The summed E-state index contributed by atoms with van der Waals surface area (Å²) in [6, 6.07) is 16.3. The lowest BCUT2D eigenvalue weighted by molar-refractivity contribution is 0.163. The number of hydrogen-bond donors (Lipinski definition) is 8. The number of benzene rings is 2. The quantitative estimate of drug-likeness (QED) is 0.205. The molecule has 5 heterocycles. The van der Waals surface area contributed by atoms with Crippen LogP contribution < -0.4 is 42.5 Å². The van der Waals surface area contributed by atoms with Crippen LogP contribution in [-0.2, 0) is 14.3 Å². The summed E-state index contributed by atoms with van der Waals surface area (Å²) in [6.07, 6.45) is 18.3. The van der Waals surface area contributed by atoms with Gasteiger partial charge in [0.25, 0.3) is 10.1 Å². The molecule has 12 rings (SSSR count). The molecule has 8 bridgehead atoms. The molecule has 5 saturated heterocycles. The Morgan fingerprint density at radius 1 is 0.404 bits per heavy atom. The SMILES string of the molecule is O=S(=O)(OC1c2ccccc2-c2ccccc21)C1CCCC2C3NC4NC(NC5NC(NC6NC(NC(N3)C21)C1CCCCC61)C1CCCCC51)C1CCCCC41. The number of hydrogen-bond acceptors (Lipinski definition) is 11. The number of fused-ring (bicyclic) bond motifs is 23. The van der Waals surface area contributed by atoms with Gasteiger partial charge >= 0.3 is 0 Å². The van der Waals surface area contributed by atoms with Crippen molar-refractivity contribution >= 4 is 10.1 Å². The first-order chi connectivity index (χ1) is 28.0. The molecule has 4 saturated carbocycles. The maximum Gasteiger partial charge on any atom is 0.271 e. The van der Waals surface area contributed by atoms with E-state index in [2.05, 4.69) is 54.7 Å². The van der Waals surface area contributed by atoms with Crippen LogP contribution in [0.1, 0.15) is 114 Å². The second-order valence-electron chi connectivity index (χ2n) is 19.8. The molecule has 12 heteroatoms. The lowest BCUT2D eigenvalue weighted by Crippen LogP contribution is -2.62. The van der Waals surface area contributed by atoms with Gasteiger partial charge in [-0.2, -0.15) is 8.42 Å². The van der Waals surface area contributed by atoms with Crippen LogP contribution in [0.5, 0.6) is 0 Å². The lowest BCUT2D eigenvalue weighted by atomic mass is 9.76. The molecule has 308 valence electrons. The Morgan fingerprint density at radius 2 is 0.737 bits per heavy atom. The Morgan fingerprint density at radius 3 is 1.14 bits per heavy atom. The van der Waals surface area contributed by atoms with Crippen molar-refractivity contribution < 1.29 is 12.6 Å². The van der Waals surface area contributed by atoms with Gasteiger partial charge in [0.15, 0.2) is 0 Å². The highest BCUT2D eigenvalue weighted by Crippen LogP contribution is 2.50. The topological polar surface area (TPSA) is 140 Å². The van der Waals surface area contributed by atoms with E-state index < -0.39 is 21.5 Å². The van der Waals surface area contributed by atoms with E-state index in [4.69, 9.17) is 4.18 Å². The predicted octanol–water partition coefficient (Wildman–Crippen LogP) is 4.70. The molecule has 17 unspecified atom stereocenters. The molecule has 10 aliphatic rings. The highest BCUT2D eigenvalue weighted by atomic mass is 32.2. The largest absolute Gasteiger partial charge is 0.286 e. The van der Waals surface area contributed by atoms with Crippen LogP contribution >= 0.6 is 0 Å². The summed E-state index contributed by atoms with van der Waals surface area (Å²) >= 11 is 0. The summed E-state index contributed by atoms with van der Waals surface area (Å²) < 4.78 is 36.6. The smallest absolute Gasteiger partial charge is 0.271 e. The van der Waals surface area contributed by atoms with Crippen molar-refractivity contribution in [1.29, 1.82) is 0 Å². The van der Waals surface area contributed by atoms with Gasteiger partial charge in [-0.15, -0.1) is 0 Å². The fourth-order valence-electron chi connectivity index (χ4n) is 14.8. The van der Waals surface area contributed by atoms with Crippen molar-refractivity contribution in [2.45, 2.75) is 157 Å². The van der Waals surface area contributed by atoms with E-state index >= 15 is 8.42 Å². The van der Waals surface area contributed by atoms with Gasteiger partial charge in [0.05, 0.1) is 54.6 Å². The minimum Gasteiger partial charge on any atom is -0.286 e. The molecule has 5 aliphatic heterocycles. The minimum absolute atomic E-state index is 0.000599. The van der Waals surface area contributed by atoms with Gasteiger partial charge < -0.3 is 0 Å². The monoisotopic (exact) mass is 796 g/mol. The van der Waals surface area contributed by atoms with Crippen molar-refractivity contribution in [1.82, 2.24) is 42.5 Å². The van der Waals surface area contributed by atoms with Crippen LogP contribution in [0, 0.1) is 47.3 Å². The second-order valence-corrected chi connectivity index (χ2v) is 21.6. The van der Waals surface area contributed by atoms with Gasteiger partial charge in [0, 0.05) is 5.92 Å². The van der Waals surface area contributed by atoms with E-state index in [-0.39, 0.29) is 55.0 Å². The standard InChI is InChI=1S/C45H64N8O3S/c54-57(55,56-37-26-14-3-1-12-24(26)25-13-2-4-15-27(25)37)35-23-11-22-34-36(35)45-52-43-33-21-10-9-20-32(33)41(50-43)48-39-29-17-6-5-16-28(29)38(46-39)47-40-30-18-7-8-19-31(30)42(49-40)51-44(34)53-45/h1-4,12-15,28-53H,5-11,16-23H2. The first kappa shape index (κ1) is 36.8. The highest BCUT2D eigenvalue weighted by Gasteiger charge is 2.58. The van der Waals surface area contributed by atoms with E-state index in [1.54, 1.807) is 0 Å². The van der Waals surface area contributed by atoms with Gasteiger partial charge in [-0.05, 0) is 115 Å². The van der Waals surface area contributed by atoms with Crippen LogP contribution in [0.25, 0.3) is 11.1 Å². The van der Waals surface area contributed by atoms with Gasteiger partial charge in [-0.1, -0.05) is 93.5 Å². The third kappa shape index (κ3) is 6.16. The fourth-order valence-corrected chi connectivity index (χ4v) is 16.6. The molecular formula is C45H64N8O3S. The maximum absolute atomic E-state index is 15.0. The van der Waals surface area contributed by atoms with Crippen LogP contribution in [0.2, 0.25) is 0 Å². The molecule has 5 aliphatic carbocycles. The summed E-state index contributed by atoms with van der Waals surface area (Å²) in [7, 11) is -3.98. The van der Waals surface area contributed by atoms with E-state index in [0.29, 0.717) is 48.1 Å². The van der Waals surface area contributed by atoms with Crippen molar-refractivity contribution in [3.63, 3.8) is 0 Å². The molecular weight excluding hydrogens is 733 g/mol. The Labute approximate surface area is 339 Å². The fraction of sp³-hybridized carbons (Fsp3) is 0.733. The number of rotatable bonds is 3. The Balaban J connectivity index is 0.894. The summed E-state index contributed by atoms with van der Waals surface area (Å²) in [4.78, 5) is 0. The summed E-state index contributed by atoms with van der Waals surface area (Å²) in [5, 5.41) is 32.8. The molecule has 2 aromatic rings. The first-order valence-corrected chi connectivity index (χ1v) is 24.6. The van der Waals surface area contributed by atoms with E-state index in [9.17, 15) is 0 Å². The van der Waals surface area contributed by atoms with Crippen LogP contribution in [0.3, 0.4) is 0 Å². The Hall–Kier alpha value is -1.97. The van der Waals surface area contributed by atoms with Gasteiger partial charge in [-0.25, -0.2) is 0 Å². The van der Waals surface area contributed by atoms with Crippen molar-refractivity contribution in [2.24, 2.45) is 47.3 Å². The average Bonchev–Trinajstić information content (AvgIpc) is 4.04. The first-order valence-electron chi connectivity index (χ1n) is 23.2. The minimum atomic E-state index is -3.98. The third-order valence-corrected chi connectivity index (χ3v) is 19.0. The highest BCUT2D eigenvalue weighted by molar-refractivity contribution is 7.87. The zero-order chi connectivity index (χ0) is 37.8. The summed E-state index contributed by atoms with van der Waals surface area (Å²) in [5.74, 6) is 3.49. The maximum atomic E-state index is 15.0. The Bertz CT molecular complexity index is 1890. The van der Waals surface area contributed by atoms with E-state index in [1.807, 2.05) is 36.4 Å². The van der Waals surface area contributed by atoms with Crippen LogP contribution in [0.15, 0.2) is 48.5 Å².